The first kappa shape index (κ1) is 13.3. The molecular weight excluding hydrogens is 342 g/mol. The van der Waals surface area contributed by atoms with E-state index in [0.29, 0.717) is 10.9 Å². The van der Waals surface area contributed by atoms with Crippen molar-refractivity contribution in [2.24, 2.45) is 0 Å². The van der Waals surface area contributed by atoms with E-state index in [4.69, 9.17) is 0 Å². The second kappa shape index (κ2) is 6.10. The lowest BCUT2D eigenvalue weighted by Crippen LogP contribution is -2.06. The molecule has 0 radical (unpaired) electrons. The molecule has 0 N–H and O–H groups in total. The number of carbonyl (C=O) groups is 1. The molecule has 1 aromatic rings. The van der Waals surface area contributed by atoms with Gasteiger partial charge in [-0.2, -0.15) is 0 Å². The second-order valence-corrected chi connectivity index (χ2v) is 4.32. The van der Waals surface area contributed by atoms with Crippen LogP contribution in [-0.2, 0) is 16.5 Å². The van der Waals surface area contributed by atoms with Crippen LogP contribution in [0.4, 0.5) is 5.69 Å². The lowest BCUT2D eigenvalue weighted by atomic mass is 10.1. The standard InChI is InChI=1S/C10H9Br2NO3/c11-5-7-1-2-8(4-9(14)6-12)10(3-7)13(15)16/h1-3H,4-6H2. The molecule has 0 bridgehead atoms. The molecule has 0 amide bonds. The van der Waals surface area contributed by atoms with Gasteiger partial charge in [-0.05, 0) is 5.56 Å². The molecule has 0 aromatic heterocycles. The van der Waals surface area contributed by atoms with Crippen molar-refractivity contribution in [3.05, 3.63) is 39.4 Å². The molecule has 0 unspecified atom stereocenters. The first-order valence-corrected chi connectivity index (χ1v) is 6.72. The summed E-state index contributed by atoms with van der Waals surface area (Å²) < 4.78 is 0. The topological polar surface area (TPSA) is 60.2 Å². The number of benzene rings is 1. The van der Waals surface area contributed by atoms with Crippen LogP contribution in [0.3, 0.4) is 0 Å². The lowest BCUT2D eigenvalue weighted by Gasteiger charge is -2.03. The molecule has 4 nitrogen and oxygen atoms in total. The number of rotatable bonds is 5. The molecule has 1 aromatic carbocycles. The summed E-state index contributed by atoms with van der Waals surface area (Å²) in [5, 5.41) is 11.6. The fourth-order valence-corrected chi connectivity index (χ4v) is 1.82. The molecule has 0 fully saturated rings. The number of ketones is 1. The highest BCUT2D eigenvalue weighted by molar-refractivity contribution is 9.09. The summed E-state index contributed by atoms with van der Waals surface area (Å²) in [5.41, 5.74) is 1.28. The van der Waals surface area contributed by atoms with Crippen molar-refractivity contribution >= 4 is 43.3 Å². The predicted octanol–water partition coefficient (Wildman–Crippen LogP) is 3.00. The number of nitro benzene ring substituents is 1. The van der Waals surface area contributed by atoms with Gasteiger partial charge in [0.2, 0.25) is 0 Å². The molecule has 0 aliphatic rings. The molecule has 16 heavy (non-hydrogen) atoms. The van der Waals surface area contributed by atoms with E-state index < -0.39 is 4.92 Å². The maximum atomic E-state index is 11.2. The van der Waals surface area contributed by atoms with Gasteiger partial charge in [0.1, 0.15) is 5.78 Å². The Balaban J connectivity index is 3.08. The van der Waals surface area contributed by atoms with Crippen LogP contribution in [0.1, 0.15) is 11.1 Å². The SMILES string of the molecule is O=C(CBr)Cc1ccc(CBr)cc1[N+](=O)[O-]. The Morgan fingerprint density at radius 2 is 2.06 bits per heavy atom. The maximum Gasteiger partial charge on any atom is 0.273 e. The Labute approximate surface area is 109 Å². The third kappa shape index (κ3) is 3.38. The zero-order valence-corrected chi connectivity index (χ0v) is 11.5. The van der Waals surface area contributed by atoms with Crippen LogP contribution < -0.4 is 0 Å². The largest absolute Gasteiger partial charge is 0.298 e. The van der Waals surface area contributed by atoms with E-state index in [0.717, 1.165) is 5.56 Å². The van der Waals surface area contributed by atoms with E-state index in [1.54, 1.807) is 12.1 Å². The van der Waals surface area contributed by atoms with Gasteiger partial charge < -0.3 is 0 Å². The Bertz CT molecular complexity index is 421. The minimum Gasteiger partial charge on any atom is -0.298 e. The molecule has 0 saturated carbocycles. The van der Waals surface area contributed by atoms with Crippen molar-refractivity contribution in [2.75, 3.05) is 5.33 Å². The van der Waals surface area contributed by atoms with Crippen LogP contribution in [0.5, 0.6) is 0 Å². The van der Waals surface area contributed by atoms with Crippen LogP contribution in [0.15, 0.2) is 18.2 Å². The summed E-state index contributed by atoms with van der Waals surface area (Å²) in [7, 11) is 0. The Kier molecular flexibility index (Phi) is 5.08. The van der Waals surface area contributed by atoms with Crippen LogP contribution in [-0.4, -0.2) is 16.0 Å². The molecule has 0 saturated heterocycles. The number of carbonyl (C=O) groups excluding carboxylic acids is 1. The summed E-state index contributed by atoms with van der Waals surface area (Å²) in [5.74, 6) is -0.0744. The highest BCUT2D eigenvalue weighted by Crippen LogP contribution is 2.22. The summed E-state index contributed by atoms with van der Waals surface area (Å²) in [6, 6.07) is 4.90. The summed E-state index contributed by atoms with van der Waals surface area (Å²) in [4.78, 5) is 21.6. The van der Waals surface area contributed by atoms with Crippen LogP contribution in [0, 0.1) is 10.1 Å². The number of Topliss-reactive ketones (excluding diaryl/α,β-unsaturated/α-hetero) is 1. The Morgan fingerprint density at radius 1 is 1.38 bits per heavy atom. The van der Waals surface area contributed by atoms with E-state index >= 15 is 0 Å². The lowest BCUT2D eigenvalue weighted by molar-refractivity contribution is -0.385. The number of nitrogens with zero attached hydrogens (tertiary/aromatic N) is 1. The van der Waals surface area contributed by atoms with Crippen LogP contribution >= 0.6 is 31.9 Å². The van der Waals surface area contributed by atoms with Gasteiger partial charge in [-0.1, -0.05) is 44.0 Å². The molecule has 0 heterocycles. The van der Waals surface area contributed by atoms with E-state index in [9.17, 15) is 14.9 Å². The average molecular weight is 351 g/mol. The Hall–Kier alpha value is -0.750. The van der Waals surface area contributed by atoms with Crippen molar-refractivity contribution in [1.29, 1.82) is 0 Å². The average Bonchev–Trinajstić information content (AvgIpc) is 2.29. The number of hydrogen-bond donors (Lipinski definition) is 0. The molecule has 86 valence electrons. The molecule has 0 aliphatic heterocycles. The van der Waals surface area contributed by atoms with Crippen molar-refractivity contribution in [3.63, 3.8) is 0 Å². The monoisotopic (exact) mass is 349 g/mol. The first-order valence-electron chi connectivity index (χ1n) is 4.48. The summed E-state index contributed by atoms with van der Waals surface area (Å²) in [6.45, 7) is 0. The van der Waals surface area contributed by atoms with Gasteiger partial charge >= 0.3 is 0 Å². The van der Waals surface area contributed by atoms with Crippen LogP contribution in [0.25, 0.3) is 0 Å². The fourth-order valence-electron chi connectivity index (χ4n) is 1.27. The van der Waals surface area contributed by atoms with Gasteiger partial charge in [-0.25, -0.2) is 0 Å². The number of halogens is 2. The van der Waals surface area contributed by atoms with Crippen molar-refractivity contribution in [3.8, 4) is 0 Å². The minimum atomic E-state index is -0.455. The van der Waals surface area contributed by atoms with E-state index in [-0.39, 0.29) is 23.2 Å². The highest BCUT2D eigenvalue weighted by atomic mass is 79.9. The quantitative estimate of drug-likeness (QED) is 0.466. The van der Waals surface area contributed by atoms with Crippen molar-refractivity contribution in [1.82, 2.24) is 0 Å². The molecule has 1 rings (SSSR count). The van der Waals surface area contributed by atoms with E-state index in [1.165, 1.54) is 6.07 Å². The molecule has 0 spiro atoms. The second-order valence-electron chi connectivity index (χ2n) is 3.20. The van der Waals surface area contributed by atoms with Gasteiger partial charge in [0, 0.05) is 23.4 Å². The predicted molar refractivity (Wildman–Crippen MR) is 68.2 cm³/mol. The summed E-state index contributed by atoms with van der Waals surface area (Å²) >= 11 is 6.27. The normalized spacial score (nSPS) is 10.1. The molecule has 0 aliphatic carbocycles. The fraction of sp³-hybridized carbons (Fsp3) is 0.300. The zero-order valence-electron chi connectivity index (χ0n) is 8.28. The Morgan fingerprint density at radius 3 is 2.56 bits per heavy atom. The molecule has 6 heteroatoms. The molecule has 0 atom stereocenters. The van der Waals surface area contributed by atoms with Gasteiger partial charge in [-0.15, -0.1) is 0 Å². The first-order chi connectivity index (χ1) is 7.58. The molecular formula is C10H9Br2NO3. The number of hydrogen-bond acceptors (Lipinski definition) is 3. The number of alkyl halides is 2. The van der Waals surface area contributed by atoms with Crippen molar-refractivity contribution in [2.45, 2.75) is 11.8 Å². The number of nitro groups is 1. The van der Waals surface area contributed by atoms with Crippen LogP contribution in [0.2, 0.25) is 0 Å². The van der Waals surface area contributed by atoms with Gasteiger partial charge in [0.25, 0.3) is 5.69 Å². The van der Waals surface area contributed by atoms with Crippen molar-refractivity contribution < 1.29 is 9.72 Å². The summed E-state index contributed by atoms with van der Waals surface area (Å²) in [6.07, 6.45) is 0.0874. The maximum absolute atomic E-state index is 11.2. The van der Waals surface area contributed by atoms with E-state index in [1.807, 2.05) is 0 Å². The van der Waals surface area contributed by atoms with E-state index in [2.05, 4.69) is 31.9 Å². The van der Waals surface area contributed by atoms with Gasteiger partial charge in [0.15, 0.2) is 0 Å². The van der Waals surface area contributed by atoms with Gasteiger partial charge in [0.05, 0.1) is 10.3 Å². The zero-order chi connectivity index (χ0) is 12.1. The third-order valence-corrected chi connectivity index (χ3v) is 3.31. The third-order valence-electron chi connectivity index (χ3n) is 2.04. The smallest absolute Gasteiger partial charge is 0.273 e. The minimum absolute atomic E-state index is 0.00579. The van der Waals surface area contributed by atoms with Gasteiger partial charge in [-0.3, -0.25) is 14.9 Å². The highest BCUT2D eigenvalue weighted by Gasteiger charge is 2.16.